The van der Waals surface area contributed by atoms with Gasteiger partial charge < -0.3 is 23.0 Å². The lowest BCUT2D eigenvalue weighted by Crippen LogP contribution is -2.23. The Balaban J connectivity index is 0.000000200. The summed E-state index contributed by atoms with van der Waals surface area (Å²) in [7, 11) is 0. The quantitative estimate of drug-likeness (QED) is 0.0869. The fourth-order valence-corrected chi connectivity index (χ4v) is 6.73. The maximum absolute atomic E-state index is 12.5. The number of Topliss-reactive ketones (excluding diaryl/α,β-unsaturated/α-hetero) is 3. The van der Waals surface area contributed by atoms with Crippen molar-refractivity contribution in [3.05, 3.63) is 144 Å². The van der Waals surface area contributed by atoms with Crippen LogP contribution in [0.1, 0.15) is 159 Å². The minimum absolute atomic E-state index is 0. The van der Waals surface area contributed by atoms with Crippen LogP contribution in [0.4, 0.5) is 0 Å². The number of aromatic nitrogens is 3. The van der Waals surface area contributed by atoms with Crippen molar-refractivity contribution in [2.24, 2.45) is 0 Å². The third-order valence-electron chi connectivity index (χ3n) is 9.09. The molecule has 342 valence electrons. The number of ether oxygens (including phenoxy) is 3. The number of furan rings is 2. The number of hydrogen-bond acceptors (Lipinski definition) is 18. The highest BCUT2D eigenvalue weighted by Gasteiger charge is 2.41. The van der Waals surface area contributed by atoms with Crippen LogP contribution in [0, 0.1) is 13.8 Å². The van der Waals surface area contributed by atoms with Crippen LogP contribution in [0.15, 0.2) is 73.9 Å². The summed E-state index contributed by atoms with van der Waals surface area (Å²) in [5.41, 5.74) is 0.611. The molecular weight excluding hydrogens is 905 g/mol. The van der Waals surface area contributed by atoms with Gasteiger partial charge in [-0.3, -0.25) is 53.3 Å². The number of hydrogen-bond donors (Lipinski definition) is 0. The number of aryl methyl sites for hydroxylation is 2. The summed E-state index contributed by atoms with van der Waals surface area (Å²) in [5, 5.41) is -0.500. The van der Waals surface area contributed by atoms with Gasteiger partial charge in [0.1, 0.15) is 62.0 Å². The fourth-order valence-electron chi connectivity index (χ4n) is 6.37. The zero-order chi connectivity index (χ0) is 47.9. The number of pyridine rings is 3. The molecule has 0 spiro atoms. The van der Waals surface area contributed by atoms with Crippen LogP contribution in [0.25, 0.3) is 0 Å². The number of carbonyl (C=O) groups is 10. The van der Waals surface area contributed by atoms with Gasteiger partial charge in [-0.25, -0.2) is 9.59 Å². The third kappa shape index (κ3) is 10.2. The van der Waals surface area contributed by atoms with E-state index >= 15 is 0 Å². The Hall–Kier alpha value is -7.57. The lowest BCUT2D eigenvalue weighted by Gasteiger charge is -2.12. The SMILES string of the molecule is C.CCOC(=O)CC(C)=O.CCOC(=O)c1c(C)oc2c1C(=O)c1cccnc1C2=O.CCOC(=O)c1c(C)oc2c1C(=O)c1ncccc1C2=O.O=C1C(Cl)=C(Cl)C(=O)c2ncccc21. The van der Waals surface area contributed by atoms with Gasteiger partial charge in [0, 0.05) is 18.6 Å². The first-order valence-electron chi connectivity index (χ1n) is 19.4. The van der Waals surface area contributed by atoms with Gasteiger partial charge in [0.05, 0.1) is 47.6 Å². The molecule has 18 nitrogen and oxygen atoms in total. The number of fused-ring (bicyclic) bond motifs is 5. The maximum Gasteiger partial charge on any atom is 0.342 e. The van der Waals surface area contributed by atoms with E-state index in [2.05, 4.69) is 19.7 Å². The molecule has 5 heterocycles. The Labute approximate surface area is 385 Å². The number of halogens is 2. The van der Waals surface area contributed by atoms with Crippen LogP contribution < -0.4 is 0 Å². The molecule has 5 aromatic rings. The second kappa shape index (κ2) is 21.9. The first kappa shape index (κ1) is 51.1. The largest absolute Gasteiger partial charge is 0.466 e. The van der Waals surface area contributed by atoms with E-state index in [0.717, 1.165) is 0 Å². The summed E-state index contributed by atoms with van der Waals surface area (Å²) in [6.07, 6.45) is 4.17. The summed E-state index contributed by atoms with van der Waals surface area (Å²) >= 11 is 11.2. The molecule has 3 aliphatic carbocycles. The topological polar surface area (TPSA) is 263 Å². The predicted octanol–water partition coefficient (Wildman–Crippen LogP) is 7.18. The van der Waals surface area contributed by atoms with Crippen molar-refractivity contribution in [3.8, 4) is 0 Å². The zero-order valence-corrected chi connectivity index (χ0v) is 36.8. The molecule has 3 aliphatic rings. The number of allylic oxidation sites excluding steroid dienone is 2. The highest BCUT2D eigenvalue weighted by Crippen LogP contribution is 2.34. The summed E-state index contributed by atoms with van der Waals surface area (Å²) < 4.78 is 25.0. The Morgan fingerprint density at radius 3 is 1.38 bits per heavy atom. The monoisotopic (exact) mass is 943 g/mol. The van der Waals surface area contributed by atoms with Crippen LogP contribution >= 0.6 is 23.2 Å². The molecule has 0 aliphatic heterocycles. The Morgan fingerprint density at radius 2 is 0.924 bits per heavy atom. The molecule has 5 aromatic heterocycles. The molecule has 8 rings (SSSR count). The highest BCUT2D eigenvalue weighted by atomic mass is 35.5. The van der Waals surface area contributed by atoms with Crippen molar-refractivity contribution in [1.82, 2.24) is 15.0 Å². The first-order valence-corrected chi connectivity index (χ1v) is 20.1. The number of esters is 3. The fraction of sp³-hybridized carbons (Fsp3) is 0.239. The lowest BCUT2D eigenvalue weighted by atomic mass is 9.89. The molecule has 0 amide bonds. The smallest absolute Gasteiger partial charge is 0.342 e. The van der Waals surface area contributed by atoms with Crippen molar-refractivity contribution in [2.75, 3.05) is 19.8 Å². The zero-order valence-electron chi connectivity index (χ0n) is 35.2. The molecule has 0 atom stereocenters. The number of ketones is 7. The van der Waals surface area contributed by atoms with E-state index in [4.69, 9.17) is 41.5 Å². The van der Waals surface area contributed by atoms with Crippen molar-refractivity contribution in [1.29, 1.82) is 0 Å². The minimum Gasteiger partial charge on any atom is -0.466 e. The van der Waals surface area contributed by atoms with E-state index in [-0.39, 0.29) is 122 Å². The molecule has 0 radical (unpaired) electrons. The molecule has 20 heteroatoms. The van der Waals surface area contributed by atoms with E-state index in [1.807, 2.05) is 0 Å². The molecule has 0 fully saturated rings. The molecule has 0 aromatic carbocycles. The number of nitrogens with zero attached hydrogens (tertiary/aromatic N) is 3. The average molecular weight is 945 g/mol. The van der Waals surface area contributed by atoms with Gasteiger partial charge in [-0.15, -0.1) is 0 Å². The number of rotatable bonds is 7. The van der Waals surface area contributed by atoms with Crippen molar-refractivity contribution >= 4 is 81.6 Å². The molecule has 0 saturated carbocycles. The molecule has 0 unspecified atom stereocenters. The standard InChI is InChI=1S/2C15H11NO5.C9H3Cl2NO2.C6H10O3.CH4/c1-3-20-15(19)9-7(2)21-14-10(9)13(18)11-8(12(14)17)5-4-6-16-11;1-3-20-15(19)9-7(2)21-14-10(9)12(17)8-5-4-6-16-11(8)13(14)18;10-5-6(11)9(14)7-4(8(5)13)2-1-3-12-7;1-3-9-6(8)4-5(2)7;/h2*4-6H,3H2,1-2H3;1-3H;3-4H2,1-2H3;1H4. The van der Waals surface area contributed by atoms with E-state index in [9.17, 15) is 47.9 Å². The van der Waals surface area contributed by atoms with Gasteiger partial charge in [-0.1, -0.05) is 30.6 Å². The minimum atomic E-state index is -0.680. The van der Waals surface area contributed by atoms with Gasteiger partial charge in [0.2, 0.25) is 28.9 Å². The van der Waals surface area contributed by atoms with Crippen molar-refractivity contribution < 1.29 is 71.0 Å². The summed E-state index contributed by atoms with van der Waals surface area (Å²) in [5.74, 6) is -4.72. The summed E-state index contributed by atoms with van der Waals surface area (Å²) in [6, 6.07) is 9.20. The predicted molar refractivity (Wildman–Crippen MR) is 231 cm³/mol. The average Bonchev–Trinajstić information content (AvgIpc) is 3.84. The number of carbonyl (C=O) groups excluding carboxylic acids is 10. The van der Waals surface area contributed by atoms with Gasteiger partial charge in [0.25, 0.3) is 0 Å². The maximum atomic E-state index is 12.5. The molecule has 0 saturated heterocycles. The van der Waals surface area contributed by atoms with E-state index in [1.165, 1.54) is 57.6 Å². The Kier molecular flexibility index (Phi) is 16.9. The van der Waals surface area contributed by atoms with E-state index in [0.29, 0.717) is 6.61 Å². The van der Waals surface area contributed by atoms with Crippen molar-refractivity contribution in [2.45, 2.75) is 55.4 Å². The van der Waals surface area contributed by atoms with Crippen molar-refractivity contribution in [3.63, 3.8) is 0 Å². The van der Waals surface area contributed by atoms with E-state index < -0.39 is 52.6 Å². The lowest BCUT2D eigenvalue weighted by molar-refractivity contribution is -0.145. The second-order valence-corrected chi connectivity index (χ2v) is 14.2. The van der Waals surface area contributed by atoms with Crippen LogP contribution in [0.2, 0.25) is 0 Å². The Bertz CT molecular complexity index is 2710. The first-order chi connectivity index (χ1) is 30.9. The van der Waals surface area contributed by atoms with Crippen LogP contribution in [-0.4, -0.2) is 93.2 Å². The highest BCUT2D eigenvalue weighted by molar-refractivity contribution is 6.59. The summed E-state index contributed by atoms with van der Waals surface area (Å²) in [6.45, 7) is 10.1. The van der Waals surface area contributed by atoms with Crippen LogP contribution in [-0.2, 0) is 23.8 Å². The molecular formula is C46H39Cl2N3O15. The normalized spacial score (nSPS) is 12.7. The Morgan fingerprint density at radius 1 is 0.545 bits per heavy atom. The summed E-state index contributed by atoms with van der Waals surface area (Å²) in [4.78, 5) is 129. The van der Waals surface area contributed by atoms with Gasteiger partial charge in [-0.05, 0) is 77.9 Å². The van der Waals surface area contributed by atoms with Crippen LogP contribution in [0.5, 0.6) is 0 Å². The van der Waals surface area contributed by atoms with Gasteiger partial charge >= 0.3 is 17.9 Å². The molecule has 0 N–H and O–H groups in total. The third-order valence-corrected chi connectivity index (χ3v) is 9.90. The molecule has 66 heavy (non-hydrogen) atoms. The molecule has 0 bridgehead atoms. The van der Waals surface area contributed by atoms with Gasteiger partial charge in [0.15, 0.2) is 17.3 Å². The van der Waals surface area contributed by atoms with Crippen LogP contribution in [0.3, 0.4) is 0 Å². The van der Waals surface area contributed by atoms with Gasteiger partial charge in [-0.2, -0.15) is 0 Å². The van der Waals surface area contributed by atoms with E-state index in [1.54, 1.807) is 39.0 Å². The second-order valence-electron chi connectivity index (χ2n) is 13.4.